The van der Waals surface area contributed by atoms with Gasteiger partial charge in [-0.2, -0.15) is 0 Å². The highest BCUT2D eigenvalue weighted by Crippen LogP contribution is 2.19. The van der Waals surface area contributed by atoms with Gasteiger partial charge in [-0.05, 0) is 37.2 Å². The number of carbonyl (C=O) groups excluding carboxylic acids is 2. The van der Waals surface area contributed by atoms with Crippen LogP contribution in [0.3, 0.4) is 0 Å². The maximum atomic E-state index is 11.0. The van der Waals surface area contributed by atoms with Gasteiger partial charge in [0.25, 0.3) is 11.8 Å². The van der Waals surface area contributed by atoms with E-state index in [0.29, 0.717) is 0 Å². The van der Waals surface area contributed by atoms with Crippen LogP contribution >= 0.6 is 12.2 Å². The normalized spacial score (nSPS) is 9.50. The largest absolute Gasteiger partial charge is 0.365 e. The molecule has 1 aromatic carbocycles. The Bertz CT molecular complexity index is 560. The summed E-state index contributed by atoms with van der Waals surface area (Å²) < 4.78 is 0. The molecule has 1 rings (SSSR count). The highest BCUT2D eigenvalue weighted by Gasteiger charge is 2.11. The van der Waals surface area contributed by atoms with Crippen LogP contribution in [0.4, 0.5) is 5.69 Å². The summed E-state index contributed by atoms with van der Waals surface area (Å²) in [4.78, 5) is 21.9. The van der Waals surface area contributed by atoms with Gasteiger partial charge in [-0.15, -0.1) is 0 Å². The van der Waals surface area contributed by atoms with Gasteiger partial charge in [-0.25, -0.2) is 0 Å². The molecule has 0 atom stereocenters. The van der Waals surface area contributed by atoms with Crippen molar-refractivity contribution in [2.24, 2.45) is 11.5 Å². The van der Waals surface area contributed by atoms with Gasteiger partial charge < -0.3 is 22.1 Å². The summed E-state index contributed by atoms with van der Waals surface area (Å²) in [7, 11) is 0. The molecule has 106 valence electrons. The molecule has 6 nitrogen and oxygen atoms in total. The van der Waals surface area contributed by atoms with E-state index in [9.17, 15) is 9.59 Å². The fourth-order valence-electron chi connectivity index (χ4n) is 1.56. The lowest BCUT2D eigenvalue weighted by Crippen LogP contribution is -2.31. The summed E-state index contributed by atoms with van der Waals surface area (Å²) in [5.74, 6) is -1.83. The number of hydrogen-bond acceptors (Lipinski definition) is 3. The van der Waals surface area contributed by atoms with Crippen molar-refractivity contribution >= 4 is 34.8 Å². The molecule has 1 aromatic rings. The van der Waals surface area contributed by atoms with Gasteiger partial charge in [-0.3, -0.25) is 9.59 Å². The lowest BCUT2D eigenvalue weighted by atomic mass is 10.1. The standard InChI is InChI=1S/C13H16N4O2S/c1-7-4-3-5-8(2)10(7)17-13(20)16-6-9(11(14)18)12(15)19/h3-6H,1-2H3,(H2,14,18)(H2,15,19)(H2,16,17,20). The molecule has 0 bridgehead atoms. The molecule has 0 aliphatic rings. The van der Waals surface area contributed by atoms with E-state index in [0.717, 1.165) is 23.0 Å². The van der Waals surface area contributed by atoms with E-state index in [1.165, 1.54) is 0 Å². The van der Waals surface area contributed by atoms with Crippen molar-refractivity contribution in [2.75, 3.05) is 5.32 Å². The van der Waals surface area contributed by atoms with Crippen LogP contribution in [0.2, 0.25) is 0 Å². The van der Waals surface area contributed by atoms with E-state index in [4.69, 9.17) is 23.7 Å². The van der Waals surface area contributed by atoms with Crippen LogP contribution < -0.4 is 22.1 Å². The molecule has 0 radical (unpaired) electrons. The Morgan fingerprint density at radius 1 is 1.15 bits per heavy atom. The molecule has 0 heterocycles. The van der Waals surface area contributed by atoms with Gasteiger partial charge >= 0.3 is 0 Å². The summed E-state index contributed by atoms with van der Waals surface area (Å²) in [5.41, 5.74) is 12.6. The summed E-state index contributed by atoms with van der Waals surface area (Å²) in [5, 5.41) is 5.81. The van der Waals surface area contributed by atoms with Gasteiger partial charge in [0.15, 0.2) is 5.11 Å². The van der Waals surface area contributed by atoms with Crippen molar-refractivity contribution in [3.63, 3.8) is 0 Å². The number of rotatable bonds is 4. The Balaban J connectivity index is 2.81. The number of anilines is 1. The number of benzene rings is 1. The maximum absolute atomic E-state index is 11.0. The molecule has 0 unspecified atom stereocenters. The van der Waals surface area contributed by atoms with Crippen molar-refractivity contribution in [2.45, 2.75) is 13.8 Å². The third-order valence-electron chi connectivity index (χ3n) is 2.60. The Morgan fingerprint density at radius 3 is 2.10 bits per heavy atom. The minimum Gasteiger partial charge on any atom is -0.365 e. The quantitative estimate of drug-likeness (QED) is 0.279. The number of hydrogen-bond donors (Lipinski definition) is 4. The van der Waals surface area contributed by atoms with Crippen molar-refractivity contribution in [3.8, 4) is 0 Å². The predicted molar refractivity (Wildman–Crippen MR) is 81.7 cm³/mol. The minimum absolute atomic E-state index is 0.224. The van der Waals surface area contributed by atoms with Gasteiger partial charge in [0.1, 0.15) is 5.57 Å². The third kappa shape index (κ3) is 4.06. The molecule has 0 saturated heterocycles. The fraction of sp³-hybridized carbons (Fsp3) is 0.154. The van der Waals surface area contributed by atoms with Crippen LogP contribution in [-0.2, 0) is 9.59 Å². The maximum Gasteiger partial charge on any atom is 0.255 e. The molecule has 0 spiro atoms. The second-order valence-corrected chi connectivity index (χ2v) is 4.56. The lowest BCUT2D eigenvalue weighted by Gasteiger charge is -2.13. The highest BCUT2D eigenvalue weighted by molar-refractivity contribution is 7.80. The van der Waals surface area contributed by atoms with E-state index in [-0.39, 0.29) is 10.7 Å². The lowest BCUT2D eigenvalue weighted by molar-refractivity contribution is -0.120. The van der Waals surface area contributed by atoms with Crippen LogP contribution in [0.15, 0.2) is 30.0 Å². The highest BCUT2D eigenvalue weighted by atomic mass is 32.1. The first-order chi connectivity index (χ1) is 9.32. The molecule has 6 N–H and O–H groups in total. The number of thiocarbonyl (C=S) groups is 1. The Kier molecular flexibility index (Phi) is 5.22. The van der Waals surface area contributed by atoms with E-state index in [1.807, 2.05) is 32.0 Å². The zero-order chi connectivity index (χ0) is 15.3. The number of primary amides is 2. The molecule has 0 fully saturated rings. The summed E-state index contributed by atoms with van der Waals surface area (Å²) in [6.07, 6.45) is 1.09. The molecule has 0 saturated carbocycles. The number of aryl methyl sites for hydroxylation is 2. The SMILES string of the molecule is Cc1cccc(C)c1NC(=S)NC=C(C(N)=O)C(N)=O. The first-order valence-electron chi connectivity index (χ1n) is 5.76. The first kappa shape index (κ1) is 15.6. The smallest absolute Gasteiger partial charge is 0.255 e. The van der Waals surface area contributed by atoms with E-state index >= 15 is 0 Å². The van der Waals surface area contributed by atoms with Crippen LogP contribution in [0.5, 0.6) is 0 Å². The van der Waals surface area contributed by atoms with Crippen molar-refractivity contribution in [1.82, 2.24) is 5.32 Å². The zero-order valence-corrected chi connectivity index (χ0v) is 12.0. The van der Waals surface area contributed by atoms with Crippen molar-refractivity contribution in [1.29, 1.82) is 0 Å². The fourth-order valence-corrected chi connectivity index (χ4v) is 1.72. The topological polar surface area (TPSA) is 110 Å². The molecule has 0 aliphatic heterocycles. The monoisotopic (exact) mass is 292 g/mol. The van der Waals surface area contributed by atoms with Gasteiger partial charge in [0.2, 0.25) is 0 Å². The number of carbonyl (C=O) groups is 2. The van der Waals surface area contributed by atoms with Gasteiger partial charge in [0, 0.05) is 11.9 Å². The average molecular weight is 292 g/mol. The predicted octanol–water partition coefficient (Wildman–Crippen LogP) is 0.444. The first-order valence-corrected chi connectivity index (χ1v) is 6.17. The molecular weight excluding hydrogens is 276 g/mol. The van der Waals surface area contributed by atoms with Crippen LogP contribution in [0, 0.1) is 13.8 Å². The second kappa shape index (κ2) is 6.67. The summed E-state index contributed by atoms with van der Waals surface area (Å²) in [6, 6.07) is 5.81. The Labute approximate surface area is 122 Å². The van der Waals surface area contributed by atoms with Crippen molar-refractivity contribution in [3.05, 3.63) is 41.1 Å². The second-order valence-electron chi connectivity index (χ2n) is 4.15. The summed E-state index contributed by atoms with van der Waals surface area (Å²) >= 11 is 5.08. The number of nitrogens with one attached hydrogen (secondary N) is 2. The number of amides is 2. The van der Waals surface area contributed by atoms with E-state index in [2.05, 4.69) is 10.6 Å². The zero-order valence-electron chi connectivity index (χ0n) is 11.2. The molecule has 2 amide bonds. The Hall–Kier alpha value is -2.41. The van der Waals surface area contributed by atoms with E-state index < -0.39 is 11.8 Å². The van der Waals surface area contributed by atoms with Crippen molar-refractivity contribution < 1.29 is 9.59 Å². The van der Waals surface area contributed by atoms with Gasteiger partial charge in [-0.1, -0.05) is 18.2 Å². The molecular formula is C13H16N4O2S. The molecule has 7 heteroatoms. The minimum atomic E-state index is -0.917. The third-order valence-corrected chi connectivity index (χ3v) is 2.82. The van der Waals surface area contributed by atoms with E-state index in [1.54, 1.807) is 0 Å². The Morgan fingerprint density at radius 2 is 1.65 bits per heavy atom. The molecule has 0 aliphatic carbocycles. The number of para-hydroxylation sites is 1. The number of nitrogens with two attached hydrogens (primary N) is 2. The summed E-state index contributed by atoms with van der Waals surface area (Å²) in [6.45, 7) is 3.87. The van der Waals surface area contributed by atoms with Crippen LogP contribution in [0.25, 0.3) is 0 Å². The van der Waals surface area contributed by atoms with Gasteiger partial charge in [0.05, 0.1) is 0 Å². The molecule has 0 aromatic heterocycles. The average Bonchev–Trinajstić information content (AvgIpc) is 2.33. The molecule has 20 heavy (non-hydrogen) atoms. The van der Waals surface area contributed by atoms with Crippen LogP contribution in [0.1, 0.15) is 11.1 Å². The van der Waals surface area contributed by atoms with Crippen LogP contribution in [-0.4, -0.2) is 16.9 Å².